The minimum atomic E-state index is -0.227. The molecule has 1 aliphatic rings. The number of nitrogens with one attached hydrogen (secondary N) is 1. The molecular weight excluding hydrogens is 317 g/mol. The Bertz CT molecular complexity index is 887. The number of carbonyl (C=O) groups is 1. The van der Waals surface area contributed by atoms with E-state index in [9.17, 15) is 9.18 Å². The van der Waals surface area contributed by atoms with Crippen LogP contribution >= 0.6 is 0 Å². The first kappa shape index (κ1) is 15.7. The van der Waals surface area contributed by atoms with Crippen molar-refractivity contribution in [2.45, 2.75) is 6.42 Å². The first-order chi connectivity index (χ1) is 12.2. The van der Waals surface area contributed by atoms with Crippen LogP contribution in [-0.2, 0) is 0 Å². The number of H-pyrrole nitrogens is 1. The molecule has 1 amide bonds. The quantitative estimate of drug-likeness (QED) is 0.775. The van der Waals surface area contributed by atoms with E-state index in [-0.39, 0.29) is 11.7 Å². The predicted octanol–water partition coefficient (Wildman–Crippen LogP) is 3.66. The lowest BCUT2D eigenvalue weighted by Gasteiger charge is -2.23. The zero-order chi connectivity index (χ0) is 17.2. The van der Waals surface area contributed by atoms with E-state index in [2.05, 4.69) is 9.88 Å². The van der Waals surface area contributed by atoms with E-state index in [1.165, 1.54) is 12.1 Å². The van der Waals surface area contributed by atoms with Gasteiger partial charge in [-0.05, 0) is 54.3 Å². The number of hydrogen-bond donors (Lipinski definition) is 1. The lowest BCUT2D eigenvalue weighted by atomic mass is 10.1. The number of carbonyl (C=O) groups excluding carboxylic acids is 1. The molecule has 0 bridgehead atoms. The van der Waals surface area contributed by atoms with Gasteiger partial charge in [0, 0.05) is 49.1 Å². The highest BCUT2D eigenvalue weighted by Gasteiger charge is 2.20. The first-order valence-corrected chi connectivity index (χ1v) is 8.58. The van der Waals surface area contributed by atoms with E-state index < -0.39 is 0 Å². The summed E-state index contributed by atoms with van der Waals surface area (Å²) in [6.07, 6.45) is 2.78. The van der Waals surface area contributed by atoms with E-state index in [4.69, 9.17) is 0 Å². The van der Waals surface area contributed by atoms with Gasteiger partial charge < -0.3 is 14.8 Å². The van der Waals surface area contributed by atoms with Crippen molar-refractivity contribution in [3.05, 3.63) is 66.1 Å². The van der Waals surface area contributed by atoms with Crippen LogP contribution in [0.25, 0.3) is 10.9 Å². The molecule has 3 aromatic rings. The van der Waals surface area contributed by atoms with Crippen LogP contribution < -0.4 is 4.90 Å². The van der Waals surface area contributed by atoms with Crippen molar-refractivity contribution in [1.82, 2.24) is 9.88 Å². The van der Waals surface area contributed by atoms with Crippen molar-refractivity contribution in [3.63, 3.8) is 0 Å². The molecule has 0 spiro atoms. The molecule has 0 aliphatic carbocycles. The van der Waals surface area contributed by atoms with Gasteiger partial charge in [0.25, 0.3) is 5.91 Å². The molecule has 1 aliphatic heterocycles. The molecule has 5 heteroatoms. The Balaban J connectivity index is 1.48. The molecule has 1 saturated heterocycles. The average Bonchev–Trinajstić information content (AvgIpc) is 2.97. The highest BCUT2D eigenvalue weighted by Crippen LogP contribution is 2.19. The van der Waals surface area contributed by atoms with Crippen molar-refractivity contribution in [2.24, 2.45) is 0 Å². The number of amides is 1. The van der Waals surface area contributed by atoms with Crippen molar-refractivity contribution in [1.29, 1.82) is 0 Å². The summed E-state index contributed by atoms with van der Waals surface area (Å²) in [6.45, 7) is 3.02. The molecule has 1 fully saturated rings. The third-order valence-electron chi connectivity index (χ3n) is 4.78. The van der Waals surface area contributed by atoms with Crippen molar-refractivity contribution >= 4 is 22.5 Å². The lowest BCUT2D eigenvalue weighted by Crippen LogP contribution is -2.35. The van der Waals surface area contributed by atoms with Crippen molar-refractivity contribution in [2.75, 3.05) is 31.1 Å². The van der Waals surface area contributed by atoms with Crippen LogP contribution in [0.2, 0.25) is 0 Å². The zero-order valence-corrected chi connectivity index (χ0v) is 13.9. The molecule has 25 heavy (non-hydrogen) atoms. The molecule has 0 radical (unpaired) electrons. The van der Waals surface area contributed by atoms with Gasteiger partial charge in [0.05, 0.1) is 0 Å². The molecular formula is C20H20FN3O. The largest absolute Gasteiger partial charge is 0.370 e. The van der Waals surface area contributed by atoms with Crippen LogP contribution in [0.4, 0.5) is 10.1 Å². The lowest BCUT2D eigenvalue weighted by molar-refractivity contribution is 0.0767. The molecule has 0 atom stereocenters. The number of halogens is 1. The van der Waals surface area contributed by atoms with Crippen LogP contribution in [-0.4, -0.2) is 42.0 Å². The molecule has 2 aromatic carbocycles. The van der Waals surface area contributed by atoms with Gasteiger partial charge in [0.15, 0.2) is 0 Å². The zero-order valence-electron chi connectivity index (χ0n) is 13.9. The van der Waals surface area contributed by atoms with Crippen LogP contribution in [0, 0.1) is 5.82 Å². The number of rotatable bonds is 2. The Kier molecular flexibility index (Phi) is 4.14. The summed E-state index contributed by atoms with van der Waals surface area (Å²) in [7, 11) is 0. The highest BCUT2D eigenvalue weighted by molar-refractivity contribution is 5.98. The number of benzene rings is 2. The normalized spacial score (nSPS) is 15.4. The van der Waals surface area contributed by atoms with Crippen LogP contribution in [0.1, 0.15) is 16.8 Å². The average molecular weight is 337 g/mol. The summed E-state index contributed by atoms with van der Waals surface area (Å²) in [5.41, 5.74) is 2.70. The summed E-state index contributed by atoms with van der Waals surface area (Å²) in [5, 5.41) is 1.11. The van der Waals surface area contributed by atoms with Gasteiger partial charge in [-0.1, -0.05) is 6.07 Å². The van der Waals surface area contributed by atoms with E-state index in [1.54, 1.807) is 12.1 Å². The Hall–Kier alpha value is -2.82. The van der Waals surface area contributed by atoms with Gasteiger partial charge >= 0.3 is 0 Å². The summed E-state index contributed by atoms with van der Waals surface area (Å²) in [6, 6.07) is 14.3. The SMILES string of the molecule is O=C(c1ccc2cc[nH]c2c1)N1CCCN(c2ccc(F)cc2)CC1. The van der Waals surface area contributed by atoms with E-state index in [1.807, 2.05) is 35.4 Å². The van der Waals surface area contributed by atoms with E-state index in [0.29, 0.717) is 12.1 Å². The van der Waals surface area contributed by atoms with Gasteiger partial charge in [-0.2, -0.15) is 0 Å². The Labute approximate surface area is 145 Å². The topological polar surface area (TPSA) is 39.3 Å². The van der Waals surface area contributed by atoms with E-state index in [0.717, 1.165) is 42.6 Å². The Morgan fingerprint density at radius 3 is 2.64 bits per heavy atom. The number of aromatic nitrogens is 1. The third-order valence-corrected chi connectivity index (χ3v) is 4.78. The smallest absolute Gasteiger partial charge is 0.253 e. The van der Waals surface area contributed by atoms with Gasteiger partial charge in [0.1, 0.15) is 5.82 Å². The molecule has 2 heterocycles. The summed E-state index contributed by atoms with van der Waals surface area (Å²) < 4.78 is 13.1. The van der Waals surface area contributed by atoms with Gasteiger partial charge in [0.2, 0.25) is 0 Å². The fraction of sp³-hybridized carbons (Fsp3) is 0.250. The highest BCUT2D eigenvalue weighted by atomic mass is 19.1. The molecule has 4 rings (SSSR count). The maximum Gasteiger partial charge on any atom is 0.253 e. The monoisotopic (exact) mass is 337 g/mol. The Morgan fingerprint density at radius 2 is 1.80 bits per heavy atom. The number of hydrogen-bond acceptors (Lipinski definition) is 2. The fourth-order valence-electron chi connectivity index (χ4n) is 3.39. The minimum Gasteiger partial charge on any atom is -0.370 e. The van der Waals surface area contributed by atoms with Crippen molar-refractivity contribution < 1.29 is 9.18 Å². The van der Waals surface area contributed by atoms with Crippen LogP contribution in [0.15, 0.2) is 54.7 Å². The fourth-order valence-corrected chi connectivity index (χ4v) is 3.39. The number of anilines is 1. The maximum absolute atomic E-state index is 13.1. The molecule has 1 N–H and O–H groups in total. The number of aromatic amines is 1. The van der Waals surface area contributed by atoms with E-state index >= 15 is 0 Å². The van der Waals surface area contributed by atoms with Gasteiger partial charge in [-0.25, -0.2) is 4.39 Å². The Morgan fingerprint density at radius 1 is 0.960 bits per heavy atom. The molecule has 128 valence electrons. The molecule has 0 unspecified atom stereocenters. The molecule has 1 aromatic heterocycles. The number of nitrogens with zero attached hydrogens (tertiary/aromatic N) is 2. The van der Waals surface area contributed by atoms with Gasteiger partial charge in [-0.3, -0.25) is 4.79 Å². The van der Waals surface area contributed by atoms with Crippen LogP contribution in [0.3, 0.4) is 0 Å². The molecule has 4 nitrogen and oxygen atoms in total. The summed E-state index contributed by atoms with van der Waals surface area (Å²) in [5.74, 6) is -0.160. The predicted molar refractivity (Wildman–Crippen MR) is 97.4 cm³/mol. The summed E-state index contributed by atoms with van der Waals surface area (Å²) >= 11 is 0. The second kappa shape index (κ2) is 6.59. The standard InChI is InChI=1S/C20H20FN3O/c21-17-4-6-18(7-5-17)23-10-1-11-24(13-12-23)20(25)16-3-2-15-8-9-22-19(15)14-16/h2-9,14,22H,1,10-13H2. The minimum absolute atomic E-state index is 0.0671. The first-order valence-electron chi connectivity index (χ1n) is 8.58. The van der Waals surface area contributed by atoms with Crippen LogP contribution in [0.5, 0.6) is 0 Å². The van der Waals surface area contributed by atoms with Gasteiger partial charge in [-0.15, -0.1) is 0 Å². The summed E-state index contributed by atoms with van der Waals surface area (Å²) in [4.78, 5) is 20.1. The second-order valence-corrected chi connectivity index (χ2v) is 6.39. The second-order valence-electron chi connectivity index (χ2n) is 6.39. The third kappa shape index (κ3) is 3.22. The maximum atomic E-state index is 13.1. The molecule has 0 saturated carbocycles. The number of fused-ring (bicyclic) bond motifs is 1. The van der Waals surface area contributed by atoms with Crippen molar-refractivity contribution in [3.8, 4) is 0 Å².